The topological polar surface area (TPSA) is 60.5 Å². The molecule has 110 valence electrons. The number of carbonyl (C=O) groups is 1. The van der Waals surface area contributed by atoms with Crippen molar-refractivity contribution in [2.75, 3.05) is 19.8 Å². The molecular formula is C13H16F2N2O3. The van der Waals surface area contributed by atoms with E-state index in [1.54, 1.807) is 0 Å². The van der Waals surface area contributed by atoms with E-state index < -0.39 is 23.2 Å². The summed E-state index contributed by atoms with van der Waals surface area (Å²) in [5.41, 5.74) is -0.423. The molecule has 1 aliphatic rings. The normalized spacial score (nSPS) is 22.6. The smallest absolute Gasteiger partial charge is 0.273 e. The van der Waals surface area contributed by atoms with Gasteiger partial charge in [-0.15, -0.1) is 0 Å². The van der Waals surface area contributed by atoms with Crippen LogP contribution in [0, 0.1) is 11.6 Å². The zero-order chi connectivity index (χ0) is 14.5. The van der Waals surface area contributed by atoms with Crippen LogP contribution in [-0.4, -0.2) is 42.9 Å². The van der Waals surface area contributed by atoms with Crippen LogP contribution in [-0.2, 0) is 9.47 Å². The van der Waals surface area contributed by atoms with E-state index in [-0.39, 0.29) is 12.1 Å². The number of halogens is 2. The Morgan fingerprint density at radius 3 is 3.10 bits per heavy atom. The van der Waals surface area contributed by atoms with Crippen molar-refractivity contribution in [3.63, 3.8) is 0 Å². The molecule has 1 aromatic rings. The van der Waals surface area contributed by atoms with Gasteiger partial charge in [-0.25, -0.2) is 13.8 Å². The highest BCUT2D eigenvalue weighted by atomic mass is 19.1. The highest BCUT2D eigenvalue weighted by Crippen LogP contribution is 2.13. The van der Waals surface area contributed by atoms with E-state index >= 15 is 0 Å². The summed E-state index contributed by atoms with van der Waals surface area (Å²) < 4.78 is 37.0. The molecule has 0 unspecified atom stereocenters. The van der Waals surface area contributed by atoms with Crippen LogP contribution in [0.1, 0.15) is 23.8 Å². The van der Waals surface area contributed by atoms with Crippen molar-refractivity contribution < 1.29 is 23.0 Å². The van der Waals surface area contributed by atoms with Gasteiger partial charge in [0.05, 0.1) is 18.8 Å². The number of ether oxygens (including phenoxy) is 2. The van der Waals surface area contributed by atoms with Crippen molar-refractivity contribution in [1.29, 1.82) is 0 Å². The average Bonchev–Trinajstić information content (AvgIpc) is 2.41. The lowest BCUT2D eigenvalue weighted by molar-refractivity contribution is -0.0633. The van der Waals surface area contributed by atoms with Gasteiger partial charge < -0.3 is 14.8 Å². The van der Waals surface area contributed by atoms with E-state index in [0.717, 1.165) is 6.20 Å². The number of amides is 1. The van der Waals surface area contributed by atoms with Crippen LogP contribution in [0.25, 0.3) is 0 Å². The average molecular weight is 286 g/mol. The third kappa shape index (κ3) is 3.49. The predicted molar refractivity (Wildman–Crippen MR) is 66.3 cm³/mol. The van der Waals surface area contributed by atoms with E-state index in [1.807, 2.05) is 6.92 Å². The van der Waals surface area contributed by atoms with E-state index in [1.165, 1.54) is 0 Å². The Morgan fingerprint density at radius 2 is 2.40 bits per heavy atom. The zero-order valence-electron chi connectivity index (χ0n) is 11.1. The lowest BCUT2D eigenvalue weighted by Gasteiger charge is -2.31. The standard InChI is InChI=1S/C13H16F2N2O3/c1-2-20-11-7-19-4-3-10(11)17-13(18)12-9(15)5-8(14)6-16-12/h5-6,10-11H,2-4,7H2,1H3,(H,17,18)/t10-,11-/m1/s1. The summed E-state index contributed by atoms with van der Waals surface area (Å²) in [6, 6.07) is 0.355. The first-order valence-corrected chi connectivity index (χ1v) is 6.43. The number of nitrogens with zero attached hydrogens (tertiary/aromatic N) is 1. The first kappa shape index (κ1) is 14.8. The molecular weight excluding hydrogens is 270 g/mol. The molecule has 0 spiro atoms. The minimum Gasteiger partial charge on any atom is -0.379 e. The first-order chi connectivity index (χ1) is 9.61. The van der Waals surface area contributed by atoms with Crippen LogP contribution in [0.5, 0.6) is 0 Å². The van der Waals surface area contributed by atoms with Gasteiger partial charge in [-0.05, 0) is 13.3 Å². The maximum Gasteiger partial charge on any atom is 0.273 e. The fraction of sp³-hybridized carbons (Fsp3) is 0.538. The van der Waals surface area contributed by atoms with E-state index in [2.05, 4.69) is 10.3 Å². The number of hydrogen-bond donors (Lipinski definition) is 1. The molecule has 1 N–H and O–H groups in total. The number of carbonyl (C=O) groups excluding carboxylic acids is 1. The Morgan fingerprint density at radius 1 is 1.60 bits per heavy atom. The SMILES string of the molecule is CCO[C@@H]1COCC[C@H]1NC(=O)c1ncc(F)cc1F. The van der Waals surface area contributed by atoms with Crippen LogP contribution >= 0.6 is 0 Å². The summed E-state index contributed by atoms with van der Waals surface area (Å²) in [5.74, 6) is -2.49. The van der Waals surface area contributed by atoms with Gasteiger partial charge in [-0.3, -0.25) is 4.79 Å². The molecule has 7 heteroatoms. The molecule has 2 rings (SSSR count). The number of rotatable bonds is 4. The fourth-order valence-corrected chi connectivity index (χ4v) is 2.07. The molecule has 1 aromatic heterocycles. The predicted octanol–water partition coefficient (Wildman–Crippen LogP) is 1.28. The Hall–Kier alpha value is -1.60. The fourth-order valence-electron chi connectivity index (χ4n) is 2.07. The molecule has 1 amide bonds. The number of pyridine rings is 1. The summed E-state index contributed by atoms with van der Waals surface area (Å²) in [4.78, 5) is 15.4. The molecule has 2 atom stereocenters. The minimum absolute atomic E-state index is 0.276. The third-order valence-corrected chi connectivity index (χ3v) is 3.02. The summed E-state index contributed by atoms with van der Waals surface area (Å²) in [6.07, 6.45) is 1.10. The Bertz CT molecular complexity index is 483. The molecule has 0 aliphatic carbocycles. The van der Waals surface area contributed by atoms with Gasteiger partial charge >= 0.3 is 0 Å². The van der Waals surface area contributed by atoms with Crippen molar-refractivity contribution >= 4 is 5.91 Å². The minimum atomic E-state index is -0.984. The van der Waals surface area contributed by atoms with Gasteiger partial charge in [-0.1, -0.05) is 0 Å². The van der Waals surface area contributed by atoms with Gasteiger partial charge in [0.1, 0.15) is 11.9 Å². The summed E-state index contributed by atoms with van der Waals surface area (Å²) >= 11 is 0. The van der Waals surface area contributed by atoms with Crippen molar-refractivity contribution in [2.45, 2.75) is 25.5 Å². The lowest BCUT2D eigenvalue weighted by atomic mass is 10.1. The van der Waals surface area contributed by atoms with Crippen molar-refractivity contribution in [3.8, 4) is 0 Å². The highest BCUT2D eigenvalue weighted by Gasteiger charge is 2.29. The molecule has 2 heterocycles. The molecule has 1 aliphatic heterocycles. The molecule has 1 fully saturated rings. The first-order valence-electron chi connectivity index (χ1n) is 6.43. The second kappa shape index (κ2) is 6.71. The van der Waals surface area contributed by atoms with Crippen LogP contribution in [0.2, 0.25) is 0 Å². The maximum atomic E-state index is 13.5. The molecule has 20 heavy (non-hydrogen) atoms. The second-order valence-corrected chi connectivity index (χ2v) is 4.42. The summed E-state index contributed by atoms with van der Waals surface area (Å²) in [7, 11) is 0. The van der Waals surface area contributed by atoms with Crippen molar-refractivity contribution in [2.24, 2.45) is 0 Å². The quantitative estimate of drug-likeness (QED) is 0.906. The number of aromatic nitrogens is 1. The Kier molecular flexibility index (Phi) is 4.97. The van der Waals surface area contributed by atoms with Crippen LogP contribution in [0.3, 0.4) is 0 Å². The summed E-state index contributed by atoms with van der Waals surface area (Å²) in [6.45, 7) is 3.20. The van der Waals surface area contributed by atoms with Crippen molar-refractivity contribution in [1.82, 2.24) is 10.3 Å². The third-order valence-electron chi connectivity index (χ3n) is 3.02. The van der Waals surface area contributed by atoms with Gasteiger partial charge in [0.2, 0.25) is 0 Å². The zero-order valence-corrected chi connectivity index (χ0v) is 11.1. The van der Waals surface area contributed by atoms with Gasteiger partial charge in [0.25, 0.3) is 5.91 Å². The highest BCUT2D eigenvalue weighted by molar-refractivity contribution is 5.92. The van der Waals surface area contributed by atoms with Crippen LogP contribution < -0.4 is 5.32 Å². The monoisotopic (exact) mass is 286 g/mol. The largest absolute Gasteiger partial charge is 0.379 e. The lowest BCUT2D eigenvalue weighted by Crippen LogP contribution is -2.50. The molecule has 0 radical (unpaired) electrons. The van der Waals surface area contributed by atoms with E-state index in [0.29, 0.717) is 32.3 Å². The molecule has 0 aromatic carbocycles. The molecule has 0 saturated carbocycles. The van der Waals surface area contributed by atoms with Gasteiger partial charge in [0.15, 0.2) is 11.5 Å². The van der Waals surface area contributed by atoms with Gasteiger partial charge in [-0.2, -0.15) is 0 Å². The van der Waals surface area contributed by atoms with E-state index in [9.17, 15) is 13.6 Å². The summed E-state index contributed by atoms with van der Waals surface area (Å²) in [5, 5.41) is 2.66. The molecule has 0 bridgehead atoms. The maximum absolute atomic E-state index is 13.5. The van der Waals surface area contributed by atoms with Crippen LogP contribution in [0.15, 0.2) is 12.3 Å². The van der Waals surface area contributed by atoms with Gasteiger partial charge in [0, 0.05) is 19.3 Å². The number of nitrogens with one attached hydrogen (secondary N) is 1. The Labute approximate surface area is 115 Å². The second-order valence-electron chi connectivity index (χ2n) is 4.42. The molecule has 1 saturated heterocycles. The van der Waals surface area contributed by atoms with Crippen LogP contribution in [0.4, 0.5) is 8.78 Å². The Balaban J connectivity index is 2.05. The number of hydrogen-bond acceptors (Lipinski definition) is 4. The van der Waals surface area contributed by atoms with E-state index in [4.69, 9.17) is 9.47 Å². The van der Waals surface area contributed by atoms with Crippen molar-refractivity contribution in [3.05, 3.63) is 29.6 Å². The molecule has 5 nitrogen and oxygen atoms in total.